The standard InChI is InChI=1S/C29H37BClN5O3.C25H31ClN4O/c1-20(33-19-30-39)29(38)36-11-8-21(9-12-36)17-26(37)34-13-15-35(16-14-34)28-25-7-6-24(31)18-23(25)5-4-22-3-2-10-32-27(22)28;26-21-5-6-22-20(17-21)4-3-19-2-1-9-28-24(19)25(22)30-14-12-29(13-15-30)23(31)16-18-7-10-27-11-8-18/h2-3,6-7,10,18,20-21,28,33H,4-5,8-9,11-17,19H2,1H3;1-2,5-6,9,17-18,25,27H,3-4,7-8,10-16H2. The summed E-state index contributed by atoms with van der Waals surface area (Å²) in [5.41, 5.74) is 10.1. The number of hydrogen-bond acceptors (Lipinski definition) is 10. The predicted molar refractivity (Wildman–Crippen MR) is 274 cm³/mol. The molecule has 0 spiro atoms. The summed E-state index contributed by atoms with van der Waals surface area (Å²) >= 11 is 12.7. The Bertz CT molecular complexity index is 2470. The fourth-order valence-corrected chi connectivity index (χ4v) is 12.1. The molecule has 4 aromatic rings. The monoisotopic (exact) mass is 987 g/mol. The van der Waals surface area contributed by atoms with Crippen LogP contribution in [-0.4, -0.2) is 150 Å². The quantitative estimate of drug-likeness (QED) is 0.179. The number of carbonyl (C=O) groups excluding carboxylic acids is 3. The van der Waals surface area contributed by atoms with Crippen molar-refractivity contribution in [1.82, 2.24) is 45.1 Å². The van der Waals surface area contributed by atoms with Crippen molar-refractivity contribution < 1.29 is 19.1 Å². The molecule has 6 heterocycles. The molecule has 2 aromatic carbocycles. The fourth-order valence-electron chi connectivity index (χ4n) is 11.7. The number of carbonyl (C=O) groups is 3. The number of piperidine rings is 2. The number of halogens is 2. The second-order valence-electron chi connectivity index (χ2n) is 20.1. The van der Waals surface area contributed by atoms with Gasteiger partial charge in [-0.25, -0.2) is 0 Å². The molecule has 3 atom stereocenters. The third-order valence-electron chi connectivity index (χ3n) is 15.8. The summed E-state index contributed by atoms with van der Waals surface area (Å²) < 4.78 is 10.6. The van der Waals surface area contributed by atoms with Crippen molar-refractivity contribution in [3.63, 3.8) is 0 Å². The Morgan fingerprint density at radius 2 is 1.09 bits per heavy atom. The van der Waals surface area contributed by atoms with Crippen LogP contribution >= 0.6 is 23.2 Å². The first-order valence-corrected chi connectivity index (χ1v) is 26.5. The number of piperazine rings is 2. The second kappa shape index (κ2) is 23.8. The molecule has 4 saturated heterocycles. The Morgan fingerprint density at radius 3 is 1.56 bits per heavy atom. The predicted octanol–water partition coefficient (Wildman–Crippen LogP) is 6.14. The normalized spacial score (nSPS) is 21.6. The molecule has 6 aliphatic rings. The van der Waals surface area contributed by atoms with Gasteiger partial charge in [0.25, 0.3) is 0 Å². The number of fused-ring (bicyclic) bond motifs is 4. The smallest absolute Gasteiger partial charge is 0.222 e. The zero-order valence-electron chi connectivity index (χ0n) is 40.7. The van der Waals surface area contributed by atoms with E-state index in [-0.39, 0.29) is 36.4 Å². The number of rotatable bonds is 10. The van der Waals surface area contributed by atoms with Gasteiger partial charge in [0.05, 0.1) is 23.5 Å². The van der Waals surface area contributed by atoms with Gasteiger partial charge in [0.1, 0.15) is 0 Å². The summed E-state index contributed by atoms with van der Waals surface area (Å²) in [4.78, 5) is 59.3. The number of pyridine rings is 2. The van der Waals surface area contributed by atoms with Gasteiger partial charge in [-0.3, -0.25) is 24.6 Å². The Morgan fingerprint density at radius 1 is 0.629 bits per heavy atom. The second-order valence-corrected chi connectivity index (χ2v) is 21.0. The molecule has 2 N–H and O–H groups in total. The number of aryl methyl sites for hydroxylation is 4. The van der Waals surface area contributed by atoms with E-state index < -0.39 is 0 Å². The minimum absolute atomic E-state index is 0.0242. The maximum Gasteiger partial charge on any atom is 0.222 e. The van der Waals surface area contributed by atoms with E-state index >= 15 is 0 Å². The molecule has 13 nitrogen and oxygen atoms in total. The number of likely N-dealkylation sites (tertiary alicyclic amines) is 1. The van der Waals surface area contributed by atoms with Crippen molar-refractivity contribution in [1.29, 1.82) is 0 Å². The van der Waals surface area contributed by atoms with E-state index in [1.807, 2.05) is 46.5 Å². The van der Waals surface area contributed by atoms with Crippen LogP contribution in [0.3, 0.4) is 0 Å². The summed E-state index contributed by atoms with van der Waals surface area (Å²) in [6, 6.07) is 20.8. The van der Waals surface area contributed by atoms with Gasteiger partial charge >= 0.3 is 119 Å². The summed E-state index contributed by atoms with van der Waals surface area (Å²) in [5.74, 6) is 1.41. The van der Waals surface area contributed by atoms with Crippen molar-refractivity contribution in [3.8, 4) is 0 Å². The number of nitrogens with zero attached hydrogens (tertiary/aromatic N) is 7. The molecule has 4 aliphatic heterocycles. The molecule has 0 radical (unpaired) electrons. The number of aromatic nitrogens is 2. The van der Waals surface area contributed by atoms with Crippen LogP contribution in [0.25, 0.3) is 0 Å². The van der Waals surface area contributed by atoms with E-state index in [1.165, 1.54) is 33.4 Å². The van der Waals surface area contributed by atoms with Gasteiger partial charge in [-0.2, -0.15) is 0 Å². The molecule has 10 rings (SSSR count). The minimum atomic E-state index is -0.371. The largest absolute Gasteiger partial charge is 0.340 e. The maximum atomic E-state index is 13.2. The molecule has 2 aromatic heterocycles. The van der Waals surface area contributed by atoms with E-state index in [2.05, 4.69) is 61.7 Å². The van der Waals surface area contributed by atoms with Gasteiger partial charge in [-0.15, -0.1) is 0 Å². The number of benzene rings is 2. The third-order valence-corrected chi connectivity index (χ3v) is 16.2. The van der Waals surface area contributed by atoms with Crippen LogP contribution in [0.2, 0.25) is 10.0 Å². The van der Waals surface area contributed by atoms with E-state index in [4.69, 9.17) is 33.2 Å². The van der Waals surface area contributed by atoms with Gasteiger partial charge in [0.2, 0.25) is 5.91 Å². The van der Waals surface area contributed by atoms with Crippen LogP contribution < -0.4 is 10.6 Å². The van der Waals surface area contributed by atoms with Crippen molar-refractivity contribution in [2.75, 3.05) is 85.0 Å². The number of nitrogens with one attached hydrogen (secondary N) is 2. The van der Waals surface area contributed by atoms with Crippen LogP contribution in [-0.2, 0) is 44.8 Å². The summed E-state index contributed by atoms with van der Waals surface area (Å²) in [5, 5.41) is 7.88. The first-order chi connectivity index (χ1) is 34.1. The van der Waals surface area contributed by atoms with Gasteiger partial charge in [0.15, 0.2) is 0 Å². The SMILES string of the molecule is CC(NCB=O)C(=O)N1CCC(CC(=O)N2CCN(C3c4ccc(Cl)cc4CCc4cccnc43)CC2)CC1.O=C(CC1CCNCC1)N1CCN(C2c3ccc(Cl)cc3CCc3cccnc32)CC1. The van der Waals surface area contributed by atoms with Crippen molar-refractivity contribution in [2.45, 2.75) is 89.3 Å². The average Bonchev–Trinajstić information content (AvgIpc) is 3.66. The van der Waals surface area contributed by atoms with Gasteiger partial charge < -0.3 is 10.2 Å². The Labute approximate surface area is 424 Å². The molecule has 4 fully saturated rings. The van der Waals surface area contributed by atoms with E-state index in [9.17, 15) is 19.1 Å². The van der Waals surface area contributed by atoms with E-state index in [0.29, 0.717) is 56.8 Å². The first kappa shape index (κ1) is 50.4. The maximum absolute atomic E-state index is 13.2. The Kier molecular flexibility index (Phi) is 17.1. The van der Waals surface area contributed by atoms with Crippen LogP contribution in [0.15, 0.2) is 73.1 Å². The summed E-state index contributed by atoms with van der Waals surface area (Å²) in [6.45, 7) is 11.6. The molecule has 3 unspecified atom stereocenters. The summed E-state index contributed by atoms with van der Waals surface area (Å²) in [7, 11) is 0.767. The average molecular weight is 989 g/mol. The molecular formula is C54H68BCl2N9O4. The molecule has 370 valence electrons. The molecule has 3 amide bonds. The van der Waals surface area contributed by atoms with E-state index in [1.54, 1.807) is 6.92 Å². The molecule has 0 saturated carbocycles. The molecule has 70 heavy (non-hydrogen) atoms. The van der Waals surface area contributed by atoms with Gasteiger partial charge in [-0.05, 0) is 127 Å². The fraction of sp³-hybridized carbons (Fsp3) is 0.537. The van der Waals surface area contributed by atoms with E-state index in [0.717, 1.165) is 132 Å². The van der Waals surface area contributed by atoms with Crippen molar-refractivity contribution >= 4 is 48.1 Å². The number of hydrogen-bond donors (Lipinski definition) is 2. The van der Waals surface area contributed by atoms with Crippen LogP contribution in [0.5, 0.6) is 0 Å². The topological polar surface area (TPSA) is 134 Å². The van der Waals surface area contributed by atoms with Crippen LogP contribution in [0.1, 0.15) is 102 Å². The molecule has 2 aliphatic carbocycles. The minimum Gasteiger partial charge on any atom is -0.340 e. The first-order valence-electron chi connectivity index (χ1n) is 25.8. The van der Waals surface area contributed by atoms with Gasteiger partial charge in [0, 0.05) is 68.1 Å². The third kappa shape index (κ3) is 12.0. The van der Waals surface area contributed by atoms with Gasteiger partial charge in [-0.1, -0.05) is 47.5 Å². The zero-order valence-corrected chi connectivity index (χ0v) is 42.2. The van der Waals surface area contributed by atoms with Crippen LogP contribution in [0, 0.1) is 11.8 Å². The molecule has 16 heteroatoms. The number of amides is 3. The van der Waals surface area contributed by atoms with Crippen molar-refractivity contribution in [3.05, 3.63) is 128 Å². The van der Waals surface area contributed by atoms with Crippen LogP contribution in [0.4, 0.5) is 0 Å². The zero-order chi connectivity index (χ0) is 48.6. The molecular weight excluding hydrogens is 920 g/mol. The van der Waals surface area contributed by atoms with Crippen molar-refractivity contribution in [2.24, 2.45) is 11.8 Å². The Hall–Kier alpha value is -4.57. The Balaban J connectivity index is 0.000000178. The molecule has 0 bridgehead atoms. The summed E-state index contributed by atoms with van der Waals surface area (Å²) in [6.07, 6.45) is 13.0.